The molecule has 4 atom stereocenters. The minimum absolute atomic E-state index is 0.0384. The molecule has 12 nitrogen and oxygen atoms in total. The lowest BCUT2D eigenvalue weighted by Gasteiger charge is -2.34. The Bertz CT molecular complexity index is 2190. The van der Waals surface area contributed by atoms with Crippen LogP contribution in [-0.4, -0.2) is 38.8 Å². The van der Waals surface area contributed by atoms with E-state index in [1.807, 2.05) is 80.6 Å². The number of nitriles is 1. The summed E-state index contributed by atoms with van der Waals surface area (Å²) >= 11 is 0. The maximum Gasteiger partial charge on any atom is 0.408 e. The second-order valence-corrected chi connectivity index (χ2v) is 15.1. The van der Waals surface area contributed by atoms with Crippen LogP contribution in [0.1, 0.15) is 91.9 Å². The number of ether oxygens (including phenoxy) is 3. The molecule has 0 unspecified atom stereocenters. The van der Waals surface area contributed by atoms with Crippen molar-refractivity contribution in [3.8, 4) is 17.6 Å². The van der Waals surface area contributed by atoms with Gasteiger partial charge >= 0.3 is 6.09 Å². The Labute approximate surface area is 326 Å². The van der Waals surface area contributed by atoms with Gasteiger partial charge in [0.1, 0.15) is 54.6 Å². The van der Waals surface area contributed by atoms with Crippen LogP contribution in [0, 0.1) is 17.2 Å². The van der Waals surface area contributed by atoms with Gasteiger partial charge in [0, 0.05) is 17.5 Å². The summed E-state index contributed by atoms with van der Waals surface area (Å²) in [5.41, 5.74) is -1.25. The Hall–Kier alpha value is -6.16. The molecule has 1 aliphatic heterocycles. The van der Waals surface area contributed by atoms with Gasteiger partial charge in [0.05, 0.1) is 0 Å². The van der Waals surface area contributed by atoms with Crippen LogP contribution in [0.4, 0.5) is 4.79 Å². The third-order valence-electron chi connectivity index (χ3n) is 9.31. The number of benzene rings is 4. The molecule has 1 aromatic heterocycles. The average molecular weight is 759 g/mol. The van der Waals surface area contributed by atoms with Gasteiger partial charge in [-0.1, -0.05) is 98.8 Å². The lowest BCUT2D eigenvalue weighted by Crippen LogP contribution is -2.50. The van der Waals surface area contributed by atoms with E-state index in [-0.39, 0.29) is 65.5 Å². The summed E-state index contributed by atoms with van der Waals surface area (Å²) in [7, 11) is 0. The van der Waals surface area contributed by atoms with E-state index in [1.54, 1.807) is 63.2 Å². The molecule has 4 aromatic carbocycles. The number of rotatable bonds is 9. The first kappa shape index (κ1) is 39.5. The molecule has 2 heterocycles. The highest BCUT2D eigenvalue weighted by atomic mass is 16.6. The third kappa shape index (κ3) is 8.86. The van der Waals surface area contributed by atoms with Crippen molar-refractivity contribution in [3.05, 3.63) is 148 Å². The van der Waals surface area contributed by atoms with Crippen LogP contribution in [0.25, 0.3) is 0 Å². The Morgan fingerprint density at radius 1 is 0.964 bits per heavy atom. The lowest BCUT2D eigenvalue weighted by atomic mass is 9.80. The van der Waals surface area contributed by atoms with Crippen molar-refractivity contribution in [2.24, 2.45) is 5.92 Å². The molecule has 0 spiro atoms. The fourth-order valence-electron chi connectivity index (χ4n) is 6.53. The number of carbonyl (C=O) groups is 2. The molecule has 0 saturated heterocycles. The Kier molecular flexibility index (Phi) is 11.8. The van der Waals surface area contributed by atoms with Crippen molar-refractivity contribution >= 4 is 12.0 Å². The summed E-state index contributed by atoms with van der Waals surface area (Å²) in [6.07, 6.45) is -2.72. The molecule has 6 rings (SSSR count). The minimum Gasteiger partial charge on any atom is -0.489 e. The summed E-state index contributed by atoms with van der Waals surface area (Å²) in [5.74, 6) is -0.949. The van der Waals surface area contributed by atoms with Gasteiger partial charge in [0.25, 0.3) is 0 Å². The fourth-order valence-corrected chi connectivity index (χ4v) is 6.53. The number of carbonyl (C=O) groups excluding carboxylic acids is 2. The first-order valence-corrected chi connectivity index (χ1v) is 18.4. The zero-order valence-corrected chi connectivity index (χ0v) is 32.0. The molecule has 56 heavy (non-hydrogen) atoms. The van der Waals surface area contributed by atoms with Gasteiger partial charge in [-0.3, -0.25) is 4.79 Å². The summed E-state index contributed by atoms with van der Waals surface area (Å²) in [6, 6.07) is 30.4. The largest absolute Gasteiger partial charge is 0.489 e. The number of oxazole rings is 1. The number of alkyl carbamates (subject to hydrolysis) is 1. The SMILES string of the molecule is CC(C)[C@@H]1NC(=O)[C@@H](NC(=O)OC(C)(C)C)Cc2ccc(OCc3ccccc3)c(c2)[C@@H](O)[C@](O)(c2ccccc2OCc2ccccc2)c2oc1nc2C#N. The molecule has 0 aliphatic carbocycles. The quantitative estimate of drug-likeness (QED) is 0.123. The summed E-state index contributed by atoms with van der Waals surface area (Å²) in [5, 5.41) is 42.2. The van der Waals surface area contributed by atoms with Crippen molar-refractivity contribution in [2.75, 3.05) is 0 Å². The first-order chi connectivity index (χ1) is 26.8. The van der Waals surface area contributed by atoms with Gasteiger partial charge in [-0.15, -0.1) is 0 Å². The number of aromatic nitrogens is 1. The van der Waals surface area contributed by atoms with Gasteiger partial charge < -0.3 is 39.5 Å². The molecule has 0 radical (unpaired) electrons. The zero-order chi connectivity index (χ0) is 40.0. The van der Waals surface area contributed by atoms with E-state index in [4.69, 9.17) is 18.6 Å². The van der Waals surface area contributed by atoms with Gasteiger partial charge in [0.2, 0.25) is 11.8 Å². The van der Waals surface area contributed by atoms with E-state index in [0.29, 0.717) is 5.56 Å². The lowest BCUT2D eigenvalue weighted by molar-refractivity contribution is -0.124. The Balaban J connectivity index is 1.56. The number of aliphatic hydroxyl groups is 2. The average Bonchev–Trinajstić information content (AvgIpc) is 3.62. The van der Waals surface area contributed by atoms with E-state index in [2.05, 4.69) is 15.6 Å². The fraction of sp³-hybridized carbons (Fsp3) is 0.318. The minimum atomic E-state index is -2.51. The van der Waals surface area contributed by atoms with Crippen LogP contribution in [0.2, 0.25) is 0 Å². The van der Waals surface area contributed by atoms with E-state index in [1.165, 1.54) is 0 Å². The number of para-hydroxylation sites is 1. The summed E-state index contributed by atoms with van der Waals surface area (Å²) in [4.78, 5) is 31.7. The maximum absolute atomic E-state index is 14.1. The van der Waals surface area contributed by atoms with Gasteiger partial charge in [0.15, 0.2) is 17.1 Å². The van der Waals surface area contributed by atoms with Crippen LogP contribution in [0.5, 0.6) is 11.5 Å². The number of fused-ring (bicyclic) bond motifs is 4. The van der Waals surface area contributed by atoms with E-state index < -0.39 is 41.4 Å². The number of nitrogens with zero attached hydrogens (tertiary/aromatic N) is 2. The van der Waals surface area contributed by atoms with Gasteiger partial charge in [-0.25, -0.2) is 9.78 Å². The van der Waals surface area contributed by atoms with Crippen LogP contribution < -0.4 is 20.1 Å². The Morgan fingerprint density at radius 3 is 2.18 bits per heavy atom. The zero-order valence-electron chi connectivity index (χ0n) is 32.0. The predicted molar refractivity (Wildman–Crippen MR) is 206 cm³/mol. The third-order valence-corrected chi connectivity index (χ3v) is 9.31. The Morgan fingerprint density at radius 2 is 1.57 bits per heavy atom. The van der Waals surface area contributed by atoms with Crippen LogP contribution in [0.3, 0.4) is 0 Å². The van der Waals surface area contributed by atoms with Crippen molar-refractivity contribution in [2.45, 2.75) is 83.6 Å². The molecule has 0 fully saturated rings. The van der Waals surface area contributed by atoms with Gasteiger partial charge in [-0.2, -0.15) is 5.26 Å². The summed E-state index contributed by atoms with van der Waals surface area (Å²) < 4.78 is 24.5. The highest BCUT2D eigenvalue weighted by Crippen LogP contribution is 2.49. The van der Waals surface area contributed by atoms with Crippen molar-refractivity contribution in [3.63, 3.8) is 0 Å². The van der Waals surface area contributed by atoms with E-state index >= 15 is 0 Å². The molecular weight excluding hydrogens is 713 g/mol. The smallest absolute Gasteiger partial charge is 0.408 e. The molecule has 2 amide bonds. The number of hydrogen-bond donors (Lipinski definition) is 4. The predicted octanol–water partition coefficient (Wildman–Crippen LogP) is 6.94. The first-order valence-electron chi connectivity index (χ1n) is 18.4. The molecule has 4 bridgehead atoms. The van der Waals surface area contributed by atoms with E-state index in [9.17, 15) is 25.1 Å². The standard InChI is InChI=1S/C44H46N4O8/c1-27(2)37-41-46-34(24-45)39(55-41)44(52,32-18-12-13-19-36(32)54-26-29-16-10-7-11-17-29)38(49)31-22-30(20-21-35(31)53-25-28-14-8-6-9-15-28)23-33(40(50)48-37)47-42(51)56-43(3,4)5/h6-22,27,33,37-38,49,52H,23,25-26H2,1-5H3,(H,47,51)(H,48,50)/t33-,37-,38+,44+/m0/s1. The molecular formula is C44H46N4O8. The number of amides is 2. The van der Waals surface area contributed by atoms with Crippen molar-refractivity contribution < 1.29 is 38.4 Å². The summed E-state index contributed by atoms with van der Waals surface area (Å²) in [6.45, 7) is 9.04. The molecule has 290 valence electrons. The maximum atomic E-state index is 14.1. The normalized spacial score (nSPS) is 19.7. The number of aliphatic hydroxyl groups excluding tert-OH is 1. The van der Waals surface area contributed by atoms with Crippen LogP contribution in [-0.2, 0) is 34.8 Å². The molecule has 4 N–H and O–H groups in total. The van der Waals surface area contributed by atoms with Gasteiger partial charge in [-0.05, 0) is 61.6 Å². The van der Waals surface area contributed by atoms with E-state index in [0.717, 1.165) is 11.1 Å². The molecule has 1 aliphatic rings. The number of hydrogen-bond acceptors (Lipinski definition) is 10. The monoisotopic (exact) mass is 758 g/mol. The van der Waals surface area contributed by atoms with Crippen LogP contribution in [0.15, 0.2) is 108 Å². The highest BCUT2D eigenvalue weighted by molar-refractivity contribution is 5.86. The molecule has 12 heteroatoms. The van der Waals surface area contributed by atoms with Crippen molar-refractivity contribution in [1.82, 2.24) is 15.6 Å². The molecule has 0 saturated carbocycles. The topological polar surface area (TPSA) is 176 Å². The molecule has 5 aromatic rings. The second-order valence-electron chi connectivity index (χ2n) is 15.1. The second kappa shape index (κ2) is 16.7. The number of nitrogens with one attached hydrogen (secondary N) is 2. The van der Waals surface area contributed by atoms with Crippen LogP contribution >= 0.6 is 0 Å². The highest BCUT2D eigenvalue weighted by Gasteiger charge is 2.50. The van der Waals surface area contributed by atoms with Crippen molar-refractivity contribution in [1.29, 1.82) is 5.26 Å².